The molecule has 0 bridgehead atoms. The minimum absolute atomic E-state index is 0.399. The Morgan fingerprint density at radius 2 is 2.20 bits per heavy atom. The molecule has 0 heterocycles. The van der Waals surface area contributed by atoms with Gasteiger partial charge < -0.3 is 0 Å². The van der Waals surface area contributed by atoms with Crippen molar-refractivity contribution in [3.63, 3.8) is 0 Å². The highest BCUT2D eigenvalue weighted by Crippen LogP contribution is 2.19. The van der Waals surface area contributed by atoms with Crippen molar-refractivity contribution in [3.8, 4) is 6.07 Å². The maximum absolute atomic E-state index is 11.6. The summed E-state index contributed by atoms with van der Waals surface area (Å²) in [5, 5.41) is 8.58. The van der Waals surface area contributed by atoms with Crippen molar-refractivity contribution in [2.24, 2.45) is 0 Å². The van der Waals surface area contributed by atoms with Crippen LogP contribution in [0.4, 0.5) is 4.53 Å². The predicted octanol–water partition coefficient (Wildman–Crippen LogP) is 2.78. The van der Waals surface area contributed by atoms with E-state index in [1.165, 1.54) is 6.08 Å². The van der Waals surface area contributed by atoms with Crippen LogP contribution in [-0.4, -0.2) is 5.97 Å². The Hall–Kier alpha value is -1.67. The lowest BCUT2D eigenvalue weighted by Gasteiger charge is -1.97. The molecule has 0 saturated heterocycles. The second-order valence-electron chi connectivity index (χ2n) is 2.56. The van der Waals surface area contributed by atoms with E-state index in [1.807, 2.05) is 0 Å². The third kappa shape index (κ3) is 2.89. The van der Waals surface area contributed by atoms with Gasteiger partial charge in [0.2, 0.25) is 0 Å². The van der Waals surface area contributed by atoms with Crippen molar-refractivity contribution in [2.45, 2.75) is 0 Å². The lowest BCUT2D eigenvalue weighted by molar-refractivity contribution is -0.177. The molecule has 0 saturated carbocycles. The SMILES string of the molecule is N#C/C(=C\c1ccccc1Br)C(=O)OF. The van der Waals surface area contributed by atoms with Crippen molar-refractivity contribution in [3.05, 3.63) is 39.9 Å². The minimum Gasteiger partial charge on any atom is -0.249 e. The number of rotatable bonds is 2. The lowest BCUT2D eigenvalue weighted by Crippen LogP contribution is -2.00. The molecule has 0 unspecified atom stereocenters. The van der Waals surface area contributed by atoms with Gasteiger partial charge in [-0.1, -0.05) is 34.1 Å². The molecule has 1 aromatic rings. The van der Waals surface area contributed by atoms with Gasteiger partial charge in [-0.2, -0.15) is 5.26 Å². The maximum atomic E-state index is 11.6. The monoisotopic (exact) mass is 269 g/mol. The van der Waals surface area contributed by atoms with Gasteiger partial charge in [0.15, 0.2) is 0 Å². The summed E-state index contributed by atoms with van der Waals surface area (Å²) in [7, 11) is 0. The van der Waals surface area contributed by atoms with Gasteiger partial charge in [-0.05, 0) is 17.7 Å². The predicted molar refractivity (Wildman–Crippen MR) is 54.9 cm³/mol. The Kier molecular flexibility index (Phi) is 4.01. The van der Waals surface area contributed by atoms with Crippen molar-refractivity contribution >= 4 is 28.0 Å². The van der Waals surface area contributed by atoms with E-state index in [4.69, 9.17) is 5.26 Å². The molecule has 76 valence electrons. The number of benzene rings is 1. The fourth-order valence-corrected chi connectivity index (χ4v) is 1.33. The first-order valence-corrected chi connectivity index (χ1v) is 4.67. The van der Waals surface area contributed by atoms with Gasteiger partial charge in [-0.25, -0.2) is 9.74 Å². The molecule has 0 aromatic heterocycles. The Morgan fingerprint density at radius 1 is 1.53 bits per heavy atom. The summed E-state index contributed by atoms with van der Waals surface area (Å²) in [5.41, 5.74) is 0.198. The third-order valence-corrected chi connectivity index (χ3v) is 2.34. The number of nitrogens with zero attached hydrogens (tertiary/aromatic N) is 1. The van der Waals surface area contributed by atoms with Crippen LogP contribution in [0.15, 0.2) is 34.3 Å². The van der Waals surface area contributed by atoms with Crippen LogP contribution in [0.5, 0.6) is 0 Å². The number of carbonyl (C=O) groups excluding carboxylic acids is 1. The number of hydrogen-bond donors (Lipinski definition) is 0. The van der Waals surface area contributed by atoms with E-state index >= 15 is 0 Å². The molecule has 0 spiro atoms. The molecule has 0 aliphatic heterocycles. The highest BCUT2D eigenvalue weighted by atomic mass is 79.9. The molecule has 0 aliphatic carbocycles. The Balaban J connectivity index is 3.11. The van der Waals surface area contributed by atoms with E-state index < -0.39 is 11.5 Å². The first-order chi connectivity index (χ1) is 7.19. The van der Waals surface area contributed by atoms with Crippen molar-refractivity contribution in [1.82, 2.24) is 0 Å². The molecule has 0 amide bonds. The summed E-state index contributed by atoms with van der Waals surface area (Å²) < 4.78 is 12.3. The van der Waals surface area contributed by atoms with Crippen molar-refractivity contribution in [1.29, 1.82) is 5.26 Å². The van der Waals surface area contributed by atoms with Crippen LogP contribution < -0.4 is 0 Å². The highest BCUT2D eigenvalue weighted by Gasteiger charge is 2.11. The Bertz CT molecular complexity index is 451. The minimum atomic E-state index is -1.30. The molecule has 3 nitrogen and oxygen atoms in total. The highest BCUT2D eigenvalue weighted by molar-refractivity contribution is 9.10. The van der Waals surface area contributed by atoms with Gasteiger partial charge in [0.25, 0.3) is 0 Å². The fraction of sp³-hybridized carbons (Fsp3) is 0. The molecule has 1 aromatic carbocycles. The zero-order valence-corrected chi connectivity index (χ0v) is 8.99. The molecule has 1 rings (SSSR count). The molecule has 0 atom stereocenters. The van der Waals surface area contributed by atoms with Gasteiger partial charge in [-0.3, -0.25) is 0 Å². The van der Waals surface area contributed by atoms with Crippen LogP contribution in [0.3, 0.4) is 0 Å². The van der Waals surface area contributed by atoms with E-state index in [0.717, 1.165) is 0 Å². The van der Waals surface area contributed by atoms with Crippen LogP contribution in [0.1, 0.15) is 5.56 Å². The van der Waals surface area contributed by atoms with Gasteiger partial charge in [0, 0.05) is 9.00 Å². The standard InChI is InChI=1S/C10H5BrFNO2/c11-9-4-2-1-3-7(9)5-8(6-13)10(14)15-12/h1-5H/b8-5+. The summed E-state index contributed by atoms with van der Waals surface area (Å²) in [6.07, 6.45) is 1.24. The average molecular weight is 270 g/mol. The normalized spacial score (nSPS) is 10.6. The van der Waals surface area contributed by atoms with Gasteiger partial charge in [0.1, 0.15) is 11.6 Å². The molecule has 0 N–H and O–H groups in total. The average Bonchev–Trinajstić information content (AvgIpc) is 2.27. The topological polar surface area (TPSA) is 50.1 Å². The number of carbonyl (C=O) groups is 1. The second kappa shape index (κ2) is 5.27. The van der Waals surface area contributed by atoms with Crippen molar-refractivity contribution in [2.75, 3.05) is 0 Å². The summed E-state index contributed by atoms with van der Waals surface area (Å²) in [4.78, 5) is 13.7. The zero-order chi connectivity index (χ0) is 11.3. The van der Waals surface area contributed by atoms with Crippen molar-refractivity contribution < 1.29 is 14.3 Å². The Labute approximate surface area is 93.8 Å². The van der Waals surface area contributed by atoms with E-state index in [2.05, 4.69) is 20.9 Å². The quantitative estimate of drug-likeness (QED) is 0.613. The first-order valence-electron chi connectivity index (χ1n) is 3.88. The van der Waals surface area contributed by atoms with E-state index in [1.54, 1.807) is 30.3 Å². The lowest BCUT2D eigenvalue weighted by atomic mass is 10.1. The van der Waals surface area contributed by atoms with Crippen LogP contribution in [0, 0.1) is 11.3 Å². The van der Waals surface area contributed by atoms with E-state index in [0.29, 0.717) is 10.0 Å². The summed E-state index contributed by atoms with van der Waals surface area (Å²) >= 11 is 3.23. The number of nitriles is 1. The van der Waals surface area contributed by atoms with Crippen LogP contribution in [0.25, 0.3) is 6.08 Å². The van der Waals surface area contributed by atoms with Crippen LogP contribution in [-0.2, 0) is 9.74 Å². The number of hydrogen-bond acceptors (Lipinski definition) is 3. The van der Waals surface area contributed by atoms with Gasteiger partial charge in [-0.15, -0.1) is 0 Å². The van der Waals surface area contributed by atoms with Crippen LogP contribution in [0.2, 0.25) is 0 Å². The third-order valence-electron chi connectivity index (χ3n) is 1.62. The van der Waals surface area contributed by atoms with Gasteiger partial charge >= 0.3 is 5.97 Å². The second-order valence-corrected chi connectivity index (χ2v) is 3.41. The molecular formula is C10H5BrFNO2. The molecule has 0 aliphatic rings. The summed E-state index contributed by atoms with van der Waals surface area (Å²) in [5.74, 6) is -1.30. The molecule has 15 heavy (non-hydrogen) atoms. The molecule has 0 fully saturated rings. The summed E-state index contributed by atoms with van der Waals surface area (Å²) in [6, 6.07) is 8.47. The smallest absolute Gasteiger partial charge is 0.249 e. The molecule has 5 heteroatoms. The largest absolute Gasteiger partial charge is 0.390 e. The first kappa shape index (κ1) is 11.4. The molecule has 0 radical (unpaired) electrons. The van der Waals surface area contributed by atoms with Crippen LogP contribution >= 0.6 is 15.9 Å². The summed E-state index contributed by atoms with van der Waals surface area (Å²) in [6.45, 7) is 0. The Morgan fingerprint density at radius 3 is 2.73 bits per heavy atom. The zero-order valence-electron chi connectivity index (χ0n) is 7.41. The maximum Gasteiger partial charge on any atom is 0.390 e. The fourth-order valence-electron chi connectivity index (χ4n) is 0.926. The molecular weight excluding hydrogens is 265 g/mol. The van der Waals surface area contributed by atoms with E-state index in [-0.39, 0.29) is 0 Å². The van der Waals surface area contributed by atoms with E-state index in [9.17, 15) is 9.32 Å². The van der Waals surface area contributed by atoms with Gasteiger partial charge in [0.05, 0.1) is 0 Å². The number of halogens is 2.